The molecule has 0 saturated carbocycles. The molecule has 1 N–H and O–H groups in total. The number of fused-ring (bicyclic) bond motifs is 1. The van der Waals surface area contributed by atoms with Crippen molar-refractivity contribution in [1.29, 1.82) is 0 Å². The fraction of sp³-hybridized carbons (Fsp3) is 0.409. The second-order valence-corrected chi connectivity index (χ2v) is 7.21. The van der Waals surface area contributed by atoms with E-state index >= 15 is 0 Å². The molecule has 2 unspecified atom stereocenters. The van der Waals surface area contributed by atoms with Crippen molar-refractivity contribution in [3.63, 3.8) is 0 Å². The minimum Gasteiger partial charge on any atom is -0.489 e. The van der Waals surface area contributed by atoms with Gasteiger partial charge in [-0.2, -0.15) is 0 Å². The van der Waals surface area contributed by atoms with Crippen molar-refractivity contribution in [3.8, 4) is 11.5 Å². The van der Waals surface area contributed by atoms with Crippen LogP contribution in [0.25, 0.3) is 0 Å². The van der Waals surface area contributed by atoms with Gasteiger partial charge in [0.05, 0.1) is 0 Å². The van der Waals surface area contributed by atoms with Gasteiger partial charge in [-0.3, -0.25) is 4.79 Å². The van der Waals surface area contributed by atoms with E-state index in [0.717, 1.165) is 36.8 Å². The van der Waals surface area contributed by atoms with Gasteiger partial charge in [0.25, 0.3) is 5.91 Å². The van der Waals surface area contributed by atoms with Crippen LogP contribution in [0.5, 0.6) is 11.5 Å². The van der Waals surface area contributed by atoms with Gasteiger partial charge in [-0.1, -0.05) is 18.2 Å². The molecule has 6 nitrogen and oxygen atoms in total. The minimum absolute atomic E-state index is 0.278. The lowest BCUT2D eigenvalue weighted by Crippen LogP contribution is -2.42. The maximum Gasteiger partial charge on any atom is 0.284 e. The molecule has 29 heavy (non-hydrogen) atoms. The monoisotopic (exact) mass is 401 g/mol. The van der Waals surface area contributed by atoms with Gasteiger partial charge < -0.3 is 14.2 Å². The smallest absolute Gasteiger partial charge is 0.284 e. The molecule has 2 aliphatic heterocycles. The number of hydrogen-bond donors (Lipinski definition) is 1. The molecule has 1 amide bonds. The molecule has 2 aromatic rings. The summed E-state index contributed by atoms with van der Waals surface area (Å²) >= 11 is 0. The molecular weight excluding hydrogens is 377 g/mol. The molecule has 1 saturated heterocycles. The average molecular weight is 401 g/mol. The first kappa shape index (κ1) is 19.7. The van der Waals surface area contributed by atoms with Crippen LogP contribution in [-0.2, 0) is 27.4 Å². The van der Waals surface area contributed by atoms with Crippen molar-refractivity contribution in [1.82, 2.24) is 5.48 Å². The Labute approximate surface area is 168 Å². The average Bonchev–Trinajstić information content (AvgIpc) is 2.77. The van der Waals surface area contributed by atoms with E-state index in [0.29, 0.717) is 31.1 Å². The predicted molar refractivity (Wildman–Crippen MR) is 103 cm³/mol. The summed E-state index contributed by atoms with van der Waals surface area (Å²) in [6.45, 7) is 0.965. The van der Waals surface area contributed by atoms with Crippen LogP contribution in [0.4, 0.5) is 4.39 Å². The van der Waals surface area contributed by atoms with Crippen LogP contribution >= 0.6 is 0 Å². The van der Waals surface area contributed by atoms with Crippen LogP contribution in [0.2, 0.25) is 0 Å². The number of carbonyl (C=O) groups is 1. The Hall–Kier alpha value is -2.64. The summed E-state index contributed by atoms with van der Waals surface area (Å²) in [5.41, 5.74) is 4.36. The lowest BCUT2D eigenvalue weighted by Gasteiger charge is -2.27. The largest absolute Gasteiger partial charge is 0.489 e. The van der Waals surface area contributed by atoms with Crippen LogP contribution < -0.4 is 15.0 Å². The van der Waals surface area contributed by atoms with Crippen LogP contribution in [0.1, 0.15) is 36.8 Å². The number of nitrogens with one attached hydrogen (secondary N) is 1. The molecule has 2 atom stereocenters. The number of amides is 1. The van der Waals surface area contributed by atoms with E-state index in [-0.39, 0.29) is 11.7 Å². The van der Waals surface area contributed by atoms with Gasteiger partial charge in [0.1, 0.15) is 23.9 Å². The first-order chi connectivity index (χ1) is 14.2. The maximum absolute atomic E-state index is 13.0. The predicted octanol–water partition coefficient (Wildman–Crippen LogP) is 3.67. The number of hydrogen-bond acceptors (Lipinski definition) is 5. The molecular formula is C22H24FNO5. The van der Waals surface area contributed by atoms with E-state index < -0.39 is 12.4 Å². The Morgan fingerprint density at radius 2 is 2.00 bits per heavy atom. The fourth-order valence-electron chi connectivity index (χ4n) is 3.37. The van der Waals surface area contributed by atoms with Crippen molar-refractivity contribution in [2.75, 3.05) is 6.61 Å². The van der Waals surface area contributed by atoms with E-state index in [1.165, 1.54) is 12.1 Å². The zero-order valence-corrected chi connectivity index (χ0v) is 16.1. The first-order valence-corrected chi connectivity index (χ1v) is 9.91. The highest BCUT2D eigenvalue weighted by Gasteiger charge is 2.27. The first-order valence-electron chi connectivity index (χ1n) is 9.91. The lowest BCUT2D eigenvalue weighted by atomic mass is 10.0. The highest BCUT2D eigenvalue weighted by molar-refractivity contribution is 5.80. The Morgan fingerprint density at radius 3 is 2.79 bits per heavy atom. The number of rotatable bonds is 6. The van der Waals surface area contributed by atoms with Gasteiger partial charge in [0.2, 0.25) is 0 Å². The van der Waals surface area contributed by atoms with E-state index in [9.17, 15) is 9.18 Å². The van der Waals surface area contributed by atoms with E-state index in [1.54, 1.807) is 18.2 Å². The zero-order valence-electron chi connectivity index (χ0n) is 16.1. The highest BCUT2D eigenvalue weighted by atomic mass is 19.1. The summed E-state index contributed by atoms with van der Waals surface area (Å²) in [6, 6.07) is 11.8. The van der Waals surface area contributed by atoms with Gasteiger partial charge in [-0.05, 0) is 55.0 Å². The summed E-state index contributed by atoms with van der Waals surface area (Å²) in [4.78, 5) is 17.7. The minimum atomic E-state index is -0.626. The second-order valence-electron chi connectivity index (χ2n) is 7.21. The normalized spacial score (nSPS) is 21.0. The molecule has 0 aliphatic carbocycles. The van der Waals surface area contributed by atoms with Crippen molar-refractivity contribution >= 4 is 5.91 Å². The molecule has 4 rings (SSSR count). The SMILES string of the molecule is O=C(NOC1CCCCO1)C1CCc2ccc(OCc3ccc(F)cc3)cc2O1. The van der Waals surface area contributed by atoms with Crippen molar-refractivity contribution < 1.29 is 28.2 Å². The third-order valence-electron chi connectivity index (χ3n) is 5.02. The summed E-state index contributed by atoms with van der Waals surface area (Å²) < 4.78 is 30.1. The standard InChI is InChI=1S/C22H24FNO5/c23-17-8-4-15(5-9-17)14-27-18-10-6-16-7-11-19(28-20(16)13-18)22(25)24-29-21-3-1-2-12-26-21/h4-6,8-10,13,19,21H,1-3,7,11-12,14H2,(H,24,25). The molecule has 2 heterocycles. The third kappa shape index (κ3) is 5.25. The van der Waals surface area contributed by atoms with Gasteiger partial charge in [-0.15, -0.1) is 0 Å². The van der Waals surface area contributed by atoms with E-state index in [1.807, 2.05) is 12.1 Å². The van der Waals surface area contributed by atoms with Gasteiger partial charge >= 0.3 is 0 Å². The number of aryl methyl sites for hydroxylation is 1. The zero-order chi connectivity index (χ0) is 20.1. The Bertz CT molecular complexity index is 836. The number of halogens is 1. The molecule has 2 aromatic carbocycles. The number of ether oxygens (including phenoxy) is 3. The molecule has 0 aromatic heterocycles. The molecule has 154 valence electrons. The summed E-state index contributed by atoms with van der Waals surface area (Å²) in [6.07, 6.45) is 3.09. The van der Waals surface area contributed by atoms with Gasteiger partial charge in [0.15, 0.2) is 12.4 Å². The molecule has 2 aliphatic rings. The molecule has 7 heteroatoms. The molecule has 0 spiro atoms. The van der Waals surface area contributed by atoms with Crippen molar-refractivity contribution in [2.24, 2.45) is 0 Å². The summed E-state index contributed by atoms with van der Waals surface area (Å²) in [7, 11) is 0. The summed E-state index contributed by atoms with van der Waals surface area (Å²) in [5, 5.41) is 0. The maximum atomic E-state index is 13.0. The molecule has 1 fully saturated rings. The third-order valence-corrected chi connectivity index (χ3v) is 5.02. The van der Waals surface area contributed by atoms with Crippen molar-refractivity contribution in [2.45, 2.75) is 51.1 Å². The van der Waals surface area contributed by atoms with Gasteiger partial charge in [0, 0.05) is 19.1 Å². The van der Waals surface area contributed by atoms with Crippen LogP contribution in [0.15, 0.2) is 42.5 Å². The van der Waals surface area contributed by atoms with E-state index in [4.69, 9.17) is 19.0 Å². The molecule has 0 radical (unpaired) electrons. The van der Waals surface area contributed by atoms with Crippen LogP contribution in [0, 0.1) is 5.82 Å². The van der Waals surface area contributed by atoms with Crippen LogP contribution in [0.3, 0.4) is 0 Å². The number of hydroxylamine groups is 1. The summed E-state index contributed by atoms with van der Waals surface area (Å²) in [5.74, 6) is 0.657. The second kappa shape index (κ2) is 9.24. The highest BCUT2D eigenvalue weighted by Crippen LogP contribution is 2.32. The number of carbonyl (C=O) groups excluding carboxylic acids is 1. The molecule has 0 bridgehead atoms. The van der Waals surface area contributed by atoms with Crippen LogP contribution in [-0.4, -0.2) is 24.9 Å². The lowest BCUT2D eigenvalue weighted by molar-refractivity contribution is -0.203. The van der Waals surface area contributed by atoms with Crippen molar-refractivity contribution in [3.05, 3.63) is 59.4 Å². The van der Waals surface area contributed by atoms with E-state index in [2.05, 4.69) is 5.48 Å². The fourth-order valence-corrected chi connectivity index (χ4v) is 3.37. The Balaban J connectivity index is 1.32. The quantitative estimate of drug-likeness (QED) is 0.748. The Kier molecular flexibility index (Phi) is 6.27. The topological polar surface area (TPSA) is 66.0 Å². The number of benzene rings is 2. The Morgan fingerprint density at radius 1 is 1.14 bits per heavy atom. The van der Waals surface area contributed by atoms with Gasteiger partial charge in [-0.25, -0.2) is 14.7 Å².